The minimum Gasteiger partial charge on any atom is -0.408 e. The third-order valence-electron chi connectivity index (χ3n) is 3.12. The summed E-state index contributed by atoms with van der Waals surface area (Å²) in [6.45, 7) is 1.87. The summed E-state index contributed by atoms with van der Waals surface area (Å²) in [5.41, 5.74) is 3.06. The highest BCUT2D eigenvalue weighted by Crippen LogP contribution is 2.20. The lowest BCUT2D eigenvalue weighted by Gasteiger charge is -2.08. The summed E-state index contributed by atoms with van der Waals surface area (Å²) < 4.78 is 5.76. The second kappa shape index (κ2) is 5.21. The van der Waals surface area contributed by atoms with Crippen LogP contribution in [-0.4, -0.2) is 10.9 Å². The lowest BCUT2D eigenvalue weighted by molar-refractivity contribution is 0.102. The van der Waals surface area contributed by atoms with E-state index in [4.69, 9.17) is 4.42 Å². The lowest BCUT2D eigenvalue weighted by atomic mass is 10.1. The molecule has 3 aromatic rings. The van der Waals surface area contributed by atoms with Crippen molar-refractivity contribution in [2.45, 2.75) is 6.92 Å². The Balaban J connectivity index is 1.92. The van der Waals surface area contributed by atoms with Gasteiger partial charge in [-0.05, 0) is 42.8 Å². The van der Waals surface area contributed by atoms with Crippen LogP contribution in [-0.2, 0) is 0 Å². The number of H-pyrrole nitrogens is 1. The molecule has 1 aromatic heterocycles. The van der Waals surface area contributed by atoms with E-state index < -0.39 is 5.76 Å². The molecule has 0 aliphatic rings. The number of hydrogen-bond acceptors (Lipinski definition) is 3. The molecule has 0 saturated heterocycles. The van der Waals surface area contributed by atoms with Crippen LogP contribution in [0.15, 0.2) is 50.1 Å². The first kappa shape index (κ1) is 13.6. The van der Waals surface area contributed by atoms with Crippen LogP contribution in [0.5, 0.6) is 0 Å². The molecule has 0 saturated carbocycles. The van der Waals surface area contributed by atoms with Crippen LogP contribution >= 0.6 is 15.9 Å². The fourth-order valence-corrected chi connectivity index (χ4v) is 2.43. The quantitative estimate of drug-likeness (QED) is 0.746. The third-order valence-corrected chi connectivity index (χ3v) is 3.61. The molecule has 106 valence electrons. The van der Waals surface area contributed by atoms with Crippen LogP contribution in [0.1, 0.15) is 15.9 Å². The summed E-state index contributed by atoms with van der Waals surface area (Å²) >= 11 is 3.35. The summed E-state index contributed by atoms with van der Waals surface area (Å²) in [6.07, 6.45) is 0. The van der Waals surface area contributed by atoms with E-state index in [1.165, 1.54) is 0 Å². The smallest absolute Gasteiger partial charge is 0.408 e. The number of aromatic nitrogens is 1. The van der Waals surface area contributed by atoms with E-state index >= 15 is 0 Å². The van der Waals surface area contributed by atoms with Gasteiger partial charge < -0.3 is 9.73 Å². The maximum Gasteiger partial charge on any atom is 0.417 e. The van der Waals surface area contributed by atoms with E-state index in [0.717, 1.165) is 10.0 Å². The Labute approximate surface area is 128 Å². The van der Waals surface area contributed by atoms with Crippen LogP contribution in [0.3, 0.4) is 0 Å². The molecular formula is C15H11BrN2O3. The molecule has 0 atom stereocenters. The van der Waals surface area contributed by atoms with Gasteiger partial charge in [0.25, 0.3) is 5.91 Å². The minimum atomic E-state index is -0.517. The molecule has 2 N–H and O–H groups in total. The number of carbonyl (C=O) groups is 1. The molecular weight excluding hydrogens is 336 g/mol. The molecule has 1 heterocycles. The second-order valence-corrected chi connectivity index (χ2v) is 5.55. The zero-order valence-corrected chi connectivity index (χ0v) is 12.7. The van der Waals surface area contributed by atoms with Crippen molar-refractivity contribution >= 4 is 38.6 Å². The molecule has 0 unspecified atom stereocenters. The summed E-state index contributed by atoms with van der Waals surface area (Å²) in [5, 5.41) is 2.80. The average Bonchev–Trinajstić information content (AvgIpc) is 2.80. The fourth-order valence-electron chi connectivity index (χ4n) is 2.07. The fraction of sp³-hybridized carbons (Fsp3) is 0.0667. The van der Waals surface area contributed by atoms with Gasteiger partial charge >= 0.3 is 5.76 Å². The standard InChI is InChI=1S/C15H11BrN2O3/c1-8-2-3-9(16)6-11(8)14(19)17-10-4-5-13-12(7-10)18-15(20)21-13/h2-7H,1H3,(H,17,19)(H,18,20). The Hall–Kier alpha value is -2.34. The first-order valence-electron chi connectivity index (χ1n) is 6.23. The Kier molecular flexibility index (Phi) is 3.39. The Morgan fingerprint density at radius 2 is 2.05 bits per heavy atom. The molecule has 0 bridgehead atoms. The Morgan fingerprint density at radius 3 is 2.86 bits per heavy atom. The minimum absolute atomic E-state index is 0.209. The number of benzene rings is 2. The van der Waals surface area contributed by atoms with E-state index in [1.807, 2.05) is 19.1 Å². The predicted octanol–water partition coefficient (Wildman–Crippen LogP) is 3.44. The van der Waals surface area contributed by atoms with Gasteiger partial charge in [-0.1, -0.05) is 22.0 Å². The van der Waals surface area contributed by atoms with Gasteiger partial charge in [-0.25, -0.2) is 4.79 Å². The number of nitrogens with one attached hydrogen (secondary N) is 2. The predicted molar refractivity (Wildman–Crippen MR) is 83.7 cm³/mol. The molecule has 0 fully saturated rings. The molecule has 0 aliphatic carbocycles. The van der Waals surface area contributed by atoms with Crippen LogP contribution < -0.4 is 11.1 Å². The van der Waals surface area contributed by atoms with Crippen molar-refractivity contribution in [1.82, 2.24) is 4.98 Å². The number of rotatable bonds is 2. The second-order valence-electron chi connectivity index (χ2n) is 4.64. The molecule has 0 aliphatic heterocycles. The van der Waals surface area contributed by atoms with Crippen molar-refractivity contribution in [2.75, 3.05) is 5.32 Å². The van der Waals surface area contributed by atoms with E-state index in [2.05, 4.69) is 26.2 Å². The highest BCUT2D eigenvalue weighted by molar-refractivity contribution is 9.10. The van der Waals surface area contributed by atoms with Gasteiger partial charge in [0.2, 0.25) is 0 Å². The summed E-state index contributed by atoms with van der Waals surface area (Å²) in [7, 11) is 0. The number of aromatic amines is 1. The summed E-state index contributed by atoms with van der Waals surface area (Å²) in [4.78, 5) is 26.0. The van der Waals surface area contributed by atoms with Crippen molar-refractivity contribution < 1.29 is 9.21 Å². The first-order valence-corrected chi connectivity index (χ1v) is 7.02. The average molecular weight is 347 g/mol. The number of carbonyl (C=O) groups excluding carboxylic acids is 1. The molecule has 0 radical (unpaired) electrons. The monoisotopic (exact) mass is 346 g/mol. The van der Waals surface area contributed by atoms with E-state index in [1.54, 1.807) is 24.3 Å². The SMILES string of the molecule is Cc1ccc(Br)cc1C(=O)Nc1ccc2oc(=O)[nH]c2c1. The molecule has 6 heteroatoms. The largest absolute Gasteiger partial charge is 0.417 e. The topological polar surface area (TPSA) is 75.1 Å². The van der Waals surface area contributed by atoms with E-state index in [9.17, 15) is 9.59 Å². The van der Waals surface area contributed by atoms with E-state index in [0.29, 0.717) is 22.4 Å². The van der Waals surface area contributed by atoms with Gasteiger partial charge in [-0.3, -0.25) is 9.78 Å². The van der Waals surface area contributed by atoms with E-state index in [-0.39, 0.29) is 5.91 Å². The lowest BCUT2D eigenvalue weighted by Crippen LogP contribution is -2.13. The maximum absolute atomic E-state index is 12.3. The summed E-state index contributed by atoms with van der Waals surface area (Å²) in [5.74, 6) is -0.727. The number of hydrogen-bond donors (Lipinski definition) is 2. The Morgan fingerprint density at radius 1 is 1.24 bits per heavy atom. The van der Waals surface area contributed by atoms with Crippen molar-refractivity contribution in [1.29, 1.82) is 0 Å². The highest BCUT2D eigenvalue weighted by atomic mass is 79.9. The Bertz CT molecular complexity index is 895. The molecule has 5 nitrogen and oxygen atoms in total. The number of halogens is 1. The number of aryl methyl sites for hydroxylation is 1. The van der Waals surface area contributed by atoms with Crippen molar-refractivity contribution in [3.05, 3.63) is 62.5 Å². The van der Waals surface area contributed by atoms with Gasteiger partial charge in [0, 0.05) is 15.7 Å². The molecule has 0 spiro atoms. The summed E-state index contributed by atoms with van der Waals surface area (Å²) in [6, 6.07) is 10.5. The molecule has 21 heavy (non-hydrogen) atoms. The molecule has 2 aromatic carbocycles. The van der Waals surface area contributed by atoms with Gasteiger partial charge in [0.05, 0.1) is 5.52 Å². The maximum atomic E-state index is 12.3. The normalized spacial score (nSPS) is 10.8. The zero-order valence-electron chi connectivity index (χ0n) is 11.1. The van der Waals surface area contributed by atoms with Gasteiger partial charge in [-0.2, -0.15) is 0 Å². The molecule has 1 amide bonds. The van der Waals surface area contributed by atoms with Crippen molar-refractivity contribution in [3.63, 3.8) is 0 Å². The van der Waals surface area contributed by atoms with Crippen molar-refractivity contribution in [3.8, 4) is 0 Å². The van der Waals surface area contributed by atoms with Gasteiger partial charge in [-0.15, -0.1) is 0 Å². The van der Waals surface area contributed by atoms with Crippen LogP contribution in [0.25, 0.3) is 11.1 Å². The molecule has 3 rings (SSSR count). The highest BCUT2D eigenvalue weighted by Gasteiger charge is 2.11. The van der Waals surface area contributed by atoms with Gasteiger partial charge in [0.1, 0.15) is 0 Å². The van der Waals surface area contributed by atoms with Crippen LogP contribution in [0, 0.1) is 6.92 Å². The zero-order chi connectivity index (χ0) is 15.0. The number of oxazole rings is 1. The van der Waals surface area contributed by atoms with Crippen molar-refractivity contribution in [2.24, 2.45) is 0 Å². The number of amides is 1. The van der Waals surface area contributed by atoms with Crippen LogP contribution in [0.4, 0.5) is 5.69 Å². The number of fused-ring (bicyclic) bond motifs is 1. The third kappa shape index (κ3) is 2.75. The van der Waals surface area contributed by atoms with Crippen LogP contribution in [0.2, 0.25) is 0 Å². The first-order chi connectivity index (χ1) is 10.0. The van der Waals surface area contributed by atoms with Gasteiger partial charge in [0.15, 0.2) is 5.58 Å². The number of anilines is 1.